The molecule has 0 saturated carbocycles. The zero-order valence-corrected chi connectivity index (χ0v) is 15.6. The Morgan fingerprint density at radius 2 is 2.08 bits per heavy atom. The molecular weight excluding hydrogens is 336 g/mol. The summed E-state index contributed by atoms with van der Waals surface area (Å²) in [6, 6.07) is 0. The molecule has 144 valence electrons. The zero-order chi connectivity index (χ0) is 19.3. The predicted octanol–water partition coefficient (Wildman–Crippen LogP) is 2.06. The van der Waals surface area contributed by atoms with Crippen molar-refractivity contribution in [2.75, 3.05) is 13.2 Å². The van der Waals surface area contributed by atoms with Crippen molar-refractivity contribution in [3.63, 3.8) is 0 Å². The second kappa shape index (κ2) is 9.14. The number of hydrogen-bond acceptors (Lipinski definition) is 6. The molecule has 1 aliphatic heterocycles. The van der Waals surface area contributed by atoms with Gasteiger partial charge in [-0.25, -0.2) is 4.79 Å². The van der Waals surface area contributed by atoms with Crippen molar-refractivity contribution in [3.8, 4) is 0 Å². The quantitative estimate of drug-likeness (QED) is 0.451. The molecule has 1 saturated heterocycles. The van der Waals surface area contributed by atoms with Crippen LogP contribution in [0.15, 0.2) is 34.9 Å². The van der Waals surface area contributed by atoms with Gasteiger partial charge < -0.3 is 19.7 Å². The molecule has 6 nitrogen and oxygen atoms in total. The van der Waals surface area contributed by atoms with E-state index >= 15 is 0 Å². The molecule has 1 heterocycles. The van der Waals surface area contributed by atoms with Gasteiger partial charge in [0.25, 0.3) is 0 Å². The van der Waals surface area contributed by atoms with Gasteiger partial charge in [-0.15, -0.1) is 0 Å². The minimum Gasteiger partial charge on any atom is -0.458 e. The van der Waals surface area contributed by atoms with E-state index in [0.717, 1.165) is 24.0 Å². The lowest BCUT2D eigenvalue weighted by atomic mass is 9.82. The number of allylic oxidation sites excluding steroid dienone is 2. The van der Waals surface area contributed by atoms with Crippen molar-refractivity contribution in [3.05, 3.63) is 34.9 Å². The molecule has 0 spiro atoms. The van der Waals surface area contributed by atoms with Gasteiger partial charge in [0.2, 0.25) is 0 Å². The summed E-state index contributed by atoms with van der Waals surface area (Å²) >= 11 is 0. The molecule has 2 N–H and O–H groups in total. The molecule has 6 heteroatoms. The molecule has 0 aromatic heterocycles. The number of fused-ring (bicyclic) bond motifs is 1. The molecule has 0 amide bonds. The first-order valence-corrected chi connectivity index (χ1v) is 9.02. The van der Waals surface area contributed by atoms with Gasteiger partial charge in [-0.05, 0) is 38.8 Å². The maximum Gasteiger partial charge on any atom is 0.336 e. The smallest absolute Gasteiger partial charge is 0.336 e. The van der Waals surface area contributed by atoms with Crippen LogP contribution in [0, 0.1) is 11.8 Å². The number of ether oxygens (including phenoxy) is 2. The second-order valence-electron chi connectivity index (χ2n) is 7.09. The summed E-state index contributed by atoms with van der Waals surface area (Å²) in [4.78, 5) is 24.6. The normalized spacial score (nSPS) is 30.0. The minimum atomic E-state index is -0.678. The van der Waals surface area contributed by atoms with Gasteiger partial charge in [0.1, 0.15) is 12.2 Å². The highest BCUT2D eigenvalue weighted by molar-refractivity contribution is 5.89. The maximum absolute atomic E-state index is 12.4. The minimum absolute atomic E-state index is 0.00685. The van der Waals surface area contributed by atoms with Crippen LogP contribution >= 0.6 is 0 Å². The molecule has 2 rings (SSSR count). The number of aliphatic hydroxyl groups is 2. The van der Waals surface area contributed by atoms with Crippen molar-refractivity contribution in [2.45, 2.75) is 52.2 Å². The van der Waals surface area contributed by atoms with E-state index in [9.17, 15) is 14.7 Å². The number of carbonyl (C=O) groups is 2. The van der Waals surface area contributed by atoms with Gasteiger partial charge in [-0.2, -0.15) is 0 Å². The third kappa shape index (κ3) is 4.83. The summed E-state index contributed by atoms with van der Waals surface area (Å²) in [7, 11) is 0. The van der Waals surface area contributed by atoms with E-state index in [-0.39, 0.29) is 24.1 Å². The van der Waals surface area contributed by atoms with E-state index in [0.29, 0.717) is 6.42 Å². The van der Waals surface area contributed by atoms with E-state index in [4.69, 9.17) is 14.6 Å². The number of rotatable bonds is 4. The van der Waals surface area contributed by atoms with Gasteiger partial charge in [0, 0.05) is 6.42 Å². The van der Waals surface area contributed by atoms with Crippen LogP contribution in [0.1, 0.15) is 40.0 Å². The van der Waals surface area contributed by atoms with Crippen LogP contribution in [0.5, 0.6) is 0 Å². The molecule has 0 aromatic carbocycles. The van der Waals surface area contributed by atoms with Crippen LogP contribution in [0.2, 0.25) is 0 Å². The molecule has 0 bridgehead atoms. The van der Waals surface area contributed by atoms with Crippen molar-refractivity contribution in [1.29, 1.82) is 0 Å². The molecule has 2 aliphatic rings. The number of aliphatic hydroxyl groups excluding tert-OH is 2. The standard InChI is InChI=1S/C20H28O6/c1-12-5-4-6-13(2)10-17(26-20(24)15(11-22)7-8-21)18-14(3)19(23)25-16(18)9-12/h6-7,9,14,16-18,21-22H,4-5,8,10-11H2,1-3H3. The Morgan fingerprint density at radius 1 is 1.35 bits per heavy atom. The summed E-state index contributed by atoms with van der Waals surface area (Å²) in [5, 5.41) is 18.3. The van der Waals surface area contributed by atoms with Crippen LogP contribution in [0.4, 0.5) is 0 Å². The Morgan fingerprint density at radius 3 is 2.73 bits per heavy atom. The van der Waals surface area contributed by atoms with E-state index in [1.54, 1.807) is 6.92 Å². The fraction of sp³-hybridized carbons (Fsp3) is 0.600. The summed E-state index contributed by atoms with van der Waals surface area (Å²) in [6.07, 6.45) is 6.59. The van der Waals surface area contributed by atoms with E-state index in [2.05, 4.69) is 6.08 Å². The van der Waals surface area contributed by atoms with E-state index in [1.807, 2.05) is 19.9 Å². The molecular formula is C20H28O6. The van der Waals surface area contributed by atoms with Crippen LogP contribution in [-0.2, 0) is 19.1 Å². The van der Waals surface area contributed by atoms with E-state index in [1.165, 1.54) is 6.08 Å². The summed E-state index contributed by atoms with van der Waals surface area (Å²) < 4.78 is 11.2. The molecule has 0 radical (unpaired) electrons. The lowest BCUT2D eigenvalue weighted by molar-refractivity contribution is -0.149. The zero-order valence-electron chi connectivity index (χ0n) is 15.6. The molecule has 26 heavy (non-hydrogen) atoms. The van der Waals surface area contributed by atoms with Crippen molar-refractivity contribution < 1.29 is 29.3 Å². The fourth-order valence-electron chi connectivity index (χ4n) is 3.54. The van der Waals surface area contributed by atoms with Gasteiger partial charge in [-0.1, -0.05) is 24.1 Å². The van der Waals surface area contributed by atoms with Gasteiger partial charge in [0.05, 0.1) is 30.6 Å². The molecule has 1 fully saturated rings. The van der Waals surface area contributed by atoms with E-state index < -0.39 is 30.7 Å². The molecule has 0 aromatic rings. The Labute approximate surface area is 154 Å². The van der Waals surface area contributed by atoms with Gasteiger partial charge in [-0.3, -0.25) is 4.79 Å². The Balaban J connectivity index is 2.34. The highest BCUT2D eigenvalue weighted by atomic mass is 16.6. The summed E-state index contributed by atoms with van der Waals surface area (Å²) in [6.45, 7) is 4.90. The first-order chi connectivity index (χ1) is 12.4. The number of esters is 2. The summed E-state index contributed by atoms with van der Waals surface area (Å²) in [5.41, 5.74) is 2.22. The predicted molar refractivity (Wildman–Crippen MR) is 96.0 cm³/mol. The van der Waals surface area contributed by atoms with Crippen LogP contribution in [0.25, 0.3) is 0 Å². The first kappa shape index (κ1) is 20.4. The third-order valence-corrected chi connectivity index (χ3v) is 5.04. The van der Waals surface area contributed by atoms with Crippen LogP contribution in [0.3, 0.4) is 0 Å². The average Bonchev–Trinajstić information content (AvgIpc) is 2.85. The topological polar surface area (TPSA) is 93.1 Å². The fourth-order valence-corrected chi connectivity index (χ4v) is 3.54. The van der Waals surface area contributed by atoms with Gasteiger partial charge >= 0.3 is 11.9 Å². The third-order valence-electron chi connectivity index (χ3n) is 5.04. The lowest BCUT2D eigenvalue weighted by Crippen LogP contribution is -2.36. The largest absolute Gasteiger partial charge is 0.458 e. The number of carbonyl (C=O) groups excluding carboxylic acids is 2. The van der Waals surface area contributed by atoms with Crippen molar-refractivity contribution in [2.24, 2.45) is 11.8 Å². The Kier molecular flexibility index (Phi) is 7.17. The monoisotopic (exact) mass is 364 g/mol. The number of hydrogen-bond donors (Lipinski definition) is 2. The van der Waals surface area contributed by atoms with Crippen molar-refractivity contribution >= 4 is 11.9 Å². The molecule has 4 atom stereocenters. The lowest BCUT2D eigenvalue weighted by Gasteiger charge is -2.29. The molecule has 4 unspecified atom stereocenters. The van der Waals surface area contributed by atoms with Gasteiger partial charge in [0.15, 0.2) is 0 Å². The Bertz CT molecular complexity index is 630. The highest BCUT2D eigenvalue weighted by Crippen LogP contribution is 2.37. The van der Waals surface area contributed by atoms with Crippen molar-refractivity contribution in [1.82, 2.24) is 0 Å². The summed E-state index contributed by atoms with van der Waals surface area (Å²) in [5.74, 6) is -1.66. The first-order valence-electron chi connectivity index (χ1n) is 9.02. The van der Waals surface area contributed by atoms with Crippen LogP contribution < -0.4 is 0 Å². The highest BCUT2D eigenvalue weighted by Gasteiger charge is 2.47. The maximum atomic E-state index is 12.4. The average molecular weight is 364 g/mol. The van der Waals surface area contributed by atoms with Crippen LogP contribution in [-0.4, -0.2) is 47.6 Å². The SMILES string of the molecule is CC1=CC2OC(=O)C(C)C2C(OC(=O)C(=CCO)CO)CC(C)=CCC1. The second-order valence-corrected chi connectivity index (χ2v) is 7.09. The molecule has 1 aliphatic carbocycles. The Hall–Kier alpha value is -1.92.